The number of hydrogen-bond donors (Lipinski definition) is 2. The molecule has 0 radical (unpaired) electrons. The molecule has 0 atom stereocenters. The van der Waals surface area contributed by atoms with Crippen LogP contribution in [0.1, 0.15) is 41.0 Å². The van der Waals surface area contributed by atoms with Crippen molar-refractivity contribution in [2.45, 2.75) is 51.7 Å². The van der Waals surface area contributed by atoms with Crippen molar-refractivity contribution in [2.75, 3.05) is 5.75 Å². The van der Waals surface area contributed by atoms with Crippen molar-refractivity contribution in [1.82, 2.24) is 20.3 Å². The normalized spacial score (nSPS) is 12.6. The van der Waals surface area contributed by atoms with E-state index in [0.29, 0.717) is 21.6 Å². The van der Waals surface area contributed by atoms with Crippen LogP contribution in [0.25, 0.3) is 11.2 Å². The summed E-state index contributed by atoms with van der Waals surface area (Å²) in [6, 6.07) is 1.77. The van der Waals surface area contributed by atoms with Crippen LogP contribution in [0.3, 0.4) is 0 Å². The first kappa shape index (κ1) is 18.1. The van der Waals surface area contributed by atoms with Gasteiger partial charge in [-0.25, -0.2) is 9.97 Å². The van der Waals surface area contributed by atoms with Gasteiger partial charge < -0.3 is 10.3 Å². The third kappa shape index (κ3) is 5.70. The van der Waals surface area contributed by atoms with Crippen LogP contribution >= 0.6 is 23.4 Å². The molecule has 2 aromatic rings. The number of carbonyl (C=O) groups excluding carboxylic acids is 1. The Morgan fingerprint density at radius 3 is 2.70 bits per heavy atom. The minimum Gasteiger partial charge on any atom is -0.350 e. The minimum atomic E-state index is -0.237. The molecule has 7 heteroatoms. The first-order chi connectivity index (χ1) is 10.5. The molecular weight excluding hydrogens is 332 g/mol. The fraction of sp³-hybridized carbons (Fsp3) is 0.562. The number of rotatable bonds is 5. The van der Waals surface area contributed by atoms with E-state index in [4.69, 9.17) is 11.6 Å². The molecule has 126 valence electrons. The highest BCUT2D eigenvalue weighted by Crippen LogP contribution is 2.27. The summed E-state index contributed by atoms with van der Waals surface area (Å²) in [6.07, 6.45) is 2.46. The van der Waals surface area contributed by atoms with Gasteiger partial charge in [0.25, 0.3) is 0 Å². The number of aromatic amines is 1. The lowest BCUT2D eigenvalue weighted by atomic mass is 9.82. The Labute approximate surface area is 146 Å². The Balaban J connectivity index is 1.92. The largest absolute Gasteiger partial charge is 0.350 e. The lowest BCUT2D eigenvalue weighted by molar-refractivity contribution is -0.120. The maximum Gasteiger partial charge on any atom is 0.230 e. The van der Waals surface area contributed by atoms with E-state index in [-0.39, 0.29) is 16.9 Å². The number of carbonyl (C=O) groups is 1. The molecule has 2 heterocycles. The van der Waals surface area contributed by atoms with Gasteiger partial charge in [0.05, 0.1) is 16.3 Å². The molecule has 2 aromatic heterocycles. The zero-order chi connectivity index (χ0) is 17.3. The van der Waals surface area contributed by atoms with Crippen molar-refractivity contribution in [3.63, 3.8) is 0 Å². The number of hydrogen-bond acceptors (Lipinski definition) is 4. The van der Waals surface area contributed by atoms with Gasteiger partial charge >= 0.3 is 0 Å². The van der Waals surface area contributed by atoms with Gasteiger partial charge in [-0.1, -0.05) is 44.1 Å². The van der Waals surface area contributed by atoms with Crippen molar-refractivity contribution in [3.8, 4) is 0 Å². The number of halogens is 1. The van der Waals surface area contributed by atoms with Crippen LogP contribution in [0.15, 0.2) is 17.4 Å². The third-order valence-electron chi connectivity index (χ3n) is 3.07. The first-order valence-corrected chi connectivity index (χ1v) is 8.86. The lowest BCUT2D eigenvalue weighted by Gasteiger charge is -2.33. The average molecular weight is 355 g/mol. The quantitative estimate of drug-likeness (QED) is 0.795. The fourth-order valence-electron chi connectivity index (χ4n) is 2.84. The lowest BCUT2D eigenvalue weighted by Crippen LogP contribution is -2.46. The molecule has 0 unspecified atom stereocenters. The molecule has 1 amide bonds. The minimum absolute atomic E-state index is 0.00398. The third-order valence-corrected chi connectivity index (χ3v) is 4.15. The Kier molecular flexibility index (Phi) is 5.26. The molecule has 0 aromatic carbocycles. The second-order valence-electron chi connectivity index (χ2n) is 7.52. The Bertz CT molecular complexity index is 706. The number of nitrogens with zero attached hydrogens (tertiary/aromatic N) is 2. The van der Waals surface area contributed by atoms with Gasteiger partial charge in [0.15, 0.2) is 10.8 Å². The Morgan fingerprint density at radius 2 is 2.04 bits per heavy atom. The molecule has 0 saturated carbocycles. The number of pyridine rings is 1. The van der Waals surface area contributed by atoms with Gasteiger partial charge in [-0.15, -0.1) is 0 Å². The molecule has 0 spiro atoms. The number of thioether (sulfide) groups is 1. The predicted molar refractivity (Wildman–Crippen MR) is 95.9 cm³/mol. The second-order valence-corrected chi connectivity index (χ2v) is 8.93. The Hall–Kier alpha value is -1.27. The highest BCUT2D eigenvalue weighted by Gasteiger charge is 2.26. The molecule has 23 heavy (non-hydrogen) atoms. The molecule has 0 fully saturated rings. The summed E-state index contributed by atoms with van der Waals surface area (Å²) >= 11 is 7.26. The molecule has 0 bridgehead atoms. The molecular formula is C16H23ClN4OS. The molecule has 5 nitrogen and oxygen atoms in total. The van der Waals surface area contributed by atoms with E-state index < -0.39 is 0 Å². The van der Waals surface area contributed by atoms with E-state index in [2.05, 4.69) is 41.0 Å². The topological polar surface area (TPSA) is 70.7 Å². The van der Waals surface area contributed by atoms with Crippen molar-refractivity contribution >= 4 is 40.4 Å². The number of aromatic nitrogens is 3. The van der Waals surface area contributed by atoms with Crippen LogP contribution in [-0.4, -0.2) is 32.2 Å². The van der Waals surface area contributed by atoms with E-state index in [1.807, 2.05) is 13.8 Å². The van der Waals surface area contributed by atoms with E-state index in [1.165, 1.54) is 11.8 Å². The first-order valence-electron chi connectivity index (χ1n) is 7.49. The van der Waals surface area contributed by atoms with Crippen molar-refractivity contribution in [2.24, 2.45) is 5.41 Å². The molecule has 0 aliphatic carbocycles. The summed E-state index contributed by atoms with van der Waals surface area (Å²) in [5.41, 5.74) is 1.30. The molecule has 0 aliphatic heterocycles. The van der Waals surface area contributed by atoms with Crippen LogP contribution in [0, 0.1) is 5.41 Å². The highest BCUT2D eigenvalue weighted by atomic mass is 35.5. The summed E-state index contributed by atoms with van der Waals surface area (Å²) in [7, 11) is 0. The molecule has 0 aliphatic rings. The van der Waals surface area contributed by atoms with Crippen molar-refractivity contribution in [3.05, 3.63) is 17.3 Å². The zero-order valence-corrected chi connectivity index (χ0v) is 15.7. The van der Waals surface area contributed by atoms with E-state index in [0.717, 1.165) is 11.9 Å². The number of nitrogens with one attached hydrogen (secondary N) is 2. The highest BCUT2D eigenvalue weighted by molar-refractivity contribution is 7.99. The smallest absolute Gasteiger partial charge is 0.230 e. The second kappa shape index (κ2) is 6.69. The standard InChI is InChI=1S/C16H23ClN4OS/c1-15(2,3)9-16(4,5)21-12(22)8-23-14-19-11-6-10(17)7-18-13(11)20-14/h6-7H,8-9H2,1-5H3,(H,21,22)(H,18,19,20). The number of imidazole rings is 1. The number of amides is 1. The monoisotopic (exact) mass is 354 g/mol. The summed E-state index contributed by atoms with van der Waals surface area (Å²) in [6.45, 7) is 10.6. The van der Waals surface area contributed by atoms with Crippen LogP contribution < -0.4 is 5.32 Å². The zero-order valence-electron chi connectivity index (χ0n) is 14.2. The summed E-state index contributed by atoms with van der Waals surface area (Å²) in [4.78, 5) is 23.8. The van der Waals surface area contributed by atoms with E-state index in [9.17, 15) is 4.79 Å². The van der Waals surface area contributed by atoms with E-state index in [1.54, 1.807) is 12.3 Å². The van der Waals surface area contributed by atoms with Crippen LogP contribution in [0.2, 0.25) is 5.02 Å². The van der Waals surface area contributed by atoms with Gasteiger partial charge in [-0.3, -0.25) is 4.79 Å². The van der Waals surface area contributed by atoms with Crippen molar-refractivity contribution < 1.29 is 4.79 Å². The van der Waals surface area contributed by atoms with Crippen LogP contribution in [0.4, 0.5) is 0 Å². The van der Waals surface area contributed by atoms with Crippen molar-refractivity contribution in [1.29, 1.82) is 0 Å². The summed E-state index contributed by atoms with van der Waals surface area (Å²) in [5, 5.41) is 4.31. The van der Waals surface area contributed by atoms with Gasteiger partial charge in [-0.2, -0.15) is 0 Å². The Morgan fingerprint density at radius 1 is 1.35 bits per heavy atom. The predicted octanol–water partition coefficient (Wildman–Crippen LogP) is 4.03. The van der Waals surface area contributed by atoms with E-state index >= 15 is 0 Å². The summed E-state index contributed by atoms with van der Waals surface area (Å²) < 4.78 is 0. The molecule has 2 rings (SSSR count). The fourth-order valence-corrected chi connectivity index (χ4v) is 3.67. The average Bonchev–Trinajstić information content (AvgIpc) is 2.74. The van der Waals surface area contributed by atoms with Crippen LogP contribution in [-0.2, 0) is 4.79 Å². The number of fused-ring (bicyclic) bond motifs is 1. The summed E-state index contributed by atoms with van der Waals surface area (Å²) in [5.74, 6) is 0.303. The van der Waals surface area contributed by atoms with Gasteiger partial charge in [0.1, 0.15) is 0 Å². The maximum atomic E-state index is 12.2. The SMILES string of the molecule is CC(C)(C)CC(C)(C)NC(=O)CSc1nc2ncc(Cl)cc2[nH]1. The van der Waals surface area contributed by atoms with Crippen LogP contribution in [0.5, 0.6) is 0 Å². The van der Waals surface area contributed by atoms with Gasteiger partial charge in [0.2, 0.25) is 5.91 Å². The number of H-pyrrole nitrogens is 1. The van der Waals surface area contributed by atoms with Gasteiger partial charge in [0, 0.05) is 11.7 Å². The van der Waals surface area contributed by atoms with Gasteiger partial charge in [-0.05, 0) is 31.7 Å². The maximum absolute atomic E-state index is 12.2. The molecule has 0 saturated heterocycles. The molecule has 2 N–H and O–H groups in total.